The summed E-state index contributed by atoms with van der Waals surface area (Å²) in [4.78, 5) is 14.2. The Morgan fingerprint density at radius 3 is 2.67 bits per heavy atom. The molecule has 0 bridgehead atoms. The van der Waals surface area contributed by atoms with Gasteiger partial charge in [0.1, 0.15) is 0 Å². The fraction of sp³-hybridized carbons (Fsp3) is 0.500. The van der Waals surface area contributed by atoms with Crippen molar-refractivity contribution in [2.24, 2.45) is 11.7 Å². The summed E-state index contributed by atoms with van der Waals surface area (Å²) in [5, 5.41) is 0.698. The predicted octanol–water partition coefficient (Wildman–Crippen LogP) is 2.08. The van der Waals surface area contributed by atoms with Crippen molar-refractivity contribution in [3.63, 3.8) is 0 Å². The first-order valence-corrected chi connectivity index (χ1v) is 6.72. The molecule has 1 fully saturated rings. The van der Waals surface area contributed by atoms with E-state index in [1.54, 1.807) is 0 Å². The standard InChI is InChI=1S/C14H19ClN2O/c1-10-6-12(8-16)9-17(10)14(18)7-11-2-4-13(15)5-3-11/h2-5,10,12H,6-9,16H2,1H3. The highest BCUT2D eigenvalue weighted by Crippen LogP contribution is 2.23. The smallest absolute Gasteiger partial charge is 0.227 e. The van der Waals surface area contributed by atoms with Gasteiger partial charge in [-0.15, -0.1) is 0 Å². The number of nitrogens with zero attached hydrogens (tertiary/aromatic N) is 1. The van der Waals surface area contributed by atoms with Crippen LogP contribution in [0.3, 0.4) is 0 Å². The molecule has 0 radical (unpaired) electrons. The van der Waals surface area contributed by atoms with Gasteiger partial charge in [-0.25, -0.2) is 0 Å². The minimum Gasteiger partial charge on any atom is -0.339 e. The summed E-state index contributed by atoms with van der Waals surface area (Å²) >= 11 is 5.83. The van der Waals surface area contributed by atoms with Crippen LogP contribution in [0.1, 0.15) is 18.9 Å². The maximum atomic E-state index is 12.2. The highest BCUT2D eigenvalue weighted by atomic mass is 35.5. The van der Waals surface area contributed by atoms with Crippen molar-refractivity contribution in [3.8, 4) is 0 Å². The molecule has 4 heteroatoms. The quantitative estimate of drug-likeness (QED) is 0.911. The van der Waals surface area contributed by atoms with E-state index in [1.165, 1.54) is 0 Å². The van der Waals surface area contributed by atoms with Crippen LogP contribution in [0.25, 0.3) is 0 Å². The molecule has 2 N–H and O–H groups in total. The summed E-state index contributed by atoms with van der Waals surface area (Å²) in [6, 6.07) is 7.75. The van der Waals surface area contributed by atoms with Crippen molar-refractivity contribution < 1.29 is 4.79 Å². The van der Waals surface area contributed by atoms with Crippen molar-refractivity contribution in [2.75, 3.05) is 13.1 Å². The lowest BCUT2D eigenvalue weighted by molar-refractivity contribution is -0.131. The number of rotatable bonds is 3. The van der Waals surface area contributed by atoms with Gasteiger partial charge in [0.05, 0.1) is 6.42 Å². The van der Waals surface area contributed by atoms with E-state index in [4.69, 9.17) is 17.3 Å². The second-order valence-electron chi connectivity index (χ2n) is 5.04. The van der Waals surface area contributed by atoms with Crippen LogP contribution >= 0.6 is 11.6 Å². The molecular weight excluding hydrogens is 248 g/mol. The molecule has 2 atom stereocenters. The van der Waals surface area contributed by atoms with Gasteiger partial charge in [0, 0.05) is 17.6 Å². The Labute approximate surface area is 113 Å². The molecule has 0 spiro atoms. The number of hydrogen-bond acceptors (Lipinski definition) is 2. The van der Waals surface area contributed by atoms with E-state index in [-0.39, 0.29) is 5.91 Å². The second-order valence-corrected chi connectivity index (χ2v) is 5.47. The predicted molar refractivity (Wildman–Crippen MR) is 73.5 cm³/mol. The number of carbonyl (C=O) groups excluding carboxylic acids is 1. The van der Waals surface area contributed by atoms with Gasteiger partial charge in [0.25, 0.3) is 0 Å². The van der Waals surface area contributed by atoms with E-state index < -0.39 is 0 Å². The Hall–Kier alpha value is -1.06. The lowest BCUT2D eigenvalue weighted by atomic mass is 10.1. The number of nitrogens with two attached hydrogens (primary N) is 1. The van der Waals surface area contributed by atoms with E-state index in [1.807, 2.05) is 29.2 Å². The third-order valence-corrected chi connectivity index (χ3v) is 3.84. The maximum absolute atomic E-state index is 12.2. The van der Waals surface area contributed by atoms with E-state index in [0.717, 1.165) is 18.5 Å². The molecule has 1 aliphatic rings. The zero-order chi connectivity index (χ0) is 13.1. The normalized spacial score (nSPS) is 23.4. The SMILES string of the molecule is CC1CC(CN)CN1C(=O)Cc1ccc(Cl)cc1. The fourth-order valence-electron chi connectivity index (χ4n) is 2.54. The molecular formula is C14H19ClN2O. The second kappa shape index (κ2) is 5.72. The lowest BCUT2D eigenvalue weighted by Crippen LogP contribution is -2.35. The van der Waals surface area contributed by atoms with Crippen LogP contribution in [0.2, 0.25) is 5.02 Å². The summed E-state index contributed by atoms with van der Waals surface area (Å²) in [5.74, 6) is 0.634. The molecule has 2 unspecified atom stereocenters. The van der Waals surface area contributed by atoms with Crippen molar-refractivity contribution >= 4 is 17.5 Å². The van der Waals surface area contributed by atoms with Gasteiger partial charge in [-0.1, -0.05) is 23.7 Å². The number of benzene rings is 1. The number of likely N-dealkylation sites (tertiary alicyclic amines) is 1. The van der Waals surface area contributed by atoms with Crippen LogP contribution in [0.4, 0.5) is 0 Å². The third-order valence-electron chi connectivity index (χ3n) is 3.58. The summed E-state index contributed by atoms with van der Waals surface area (Å²) in [6.45, 7) is 3.55. The van der Waals surface area contributed by atoms with E-state index >= 15 is 0 Å². The van der Waals surface area contributed by atoms with Crippen LogP contribution in [-0.4, -0.2) is 29.9 Å². The molecule has 1 amide bonds. The molecule has 1 saturated heterocycles. The molecule has 3 nitrogen and oxygen atoms in total. The topological polar surface area (TPSA) is 46.3 Å². The van der Waals surface area contributed by atoms with Crippen LogP contribution in [0, 0.1) is 5.92 Å². The third kappa shape index (κ3) is 3.03. The fourth-order valence-corrected chi connectivity index (χ4v) is 2.67. The summed E-state index contributed by atoms with van der Waals surface area (Å²) in [5.41, 5.74) is 6.68. The van der Waals surface area contributed by atoms with Crippen molar-refractivity contribution in [1.82, 2.24) is 4.90 Å². The Morgan fingerprint density at radius 2 is 2.11 bits per heavy atom. The molecule has 1 aromatic rings. The Bertz CT molecular complexity index is 418. The Morgan fingerprint density at radius 1 is 1.44 bits per heavy atom. The minimum atomic E-state index is 0.181. The Balaban J connectivity index is 1.98. The summed E-state index contributed by atoms with van der Waals surface area (Å²) in [6.07, 6.45) is 1.46. The van der Waals surface area contributed by atoms with Crippen LogP contribution in [0.5, 0.6) is 0 Å². The highest BCUT2D eigenvalue weighted by Gasteiger charge is 2.31. The molecule has 98 valence electrons. The minimum absolute atomic E-state index is 0.181. The van der Waals surface area contributed by atoms with Gasteiger partial charge in [0.15, 0.2) is 0 Å². The maximum Gasteiger partial charge on any atom is 0.227 e. The lowest BCUT2D eigenvalue weighted by Gasteiger charge is -2.21. The largest absolute Gasteiger partial charge is 0.339 e. The Kier molecular flexibility index (Phi) is 4.25. The van der Waals surface area contributed by atoms with E-state index in [9.17, 15) is 4.79 Å². The molecule has 1 aromatic carbocycles. The highest BCUT2D eigenvalue weighted by molar-refractivity contribution is 6.30. The number of carbonyl (C=O) groups is 1. The van der Waals surface area contributed by atoms with Gasteiger partial charge < -0.3 is 10.6 Å². The van der Waals surface area contributed by atoms with E-state index in [0.29, 0.717) is 29.9 Å². The average Bonchev–Trinajstić information content (AvgIpc) is 2.73. The molecule has 0 saturated carbocycles. The molecule has 0 aliphatic carbocycles. The first kappa shape index (κ1) is 13.4. The molecule has 1 heterocycles. The number of halogens is 1. The van der Waals surface area contributed by atoms with Crippen LogP contribution in [-0.2, 0) is 11.2 Å². The zero-order valence-corrected chi connectivity index (χ0v) is 11.4. The first-order chi connectivity index (χ1) is 8.60. The summed E-state index contributed by atoms with van der Waals surface area (Å²) in [7, 11) is 0. The molecule has 0 aromatic heterocycles. The number of hydrogen-bond donors (Lipinski definition) is 1. The first-order valence-electron chi connectivity index (χ1n) is 6.34. The van der Waals surface area contributed by atoms with Crippen LogP contribution in [0.15, 0.2) is 24.3 Å². The van der Waals surface area contributed by atoms with Gasteiger partial charge in [-0.3, -0.25) is 4.79 Å². The monoisotopic (exact) mass is 266 g/mol. The summed E-state index contributed by atoms with van der Waals surface area (Å²) < 4.78 is 0. The number of amides is 1. The molecule has 2 rings (SSSR count). The van der Waals surface area contributed by atoms with Crippen molar-refractivity contribution in [3.05, 3.63) is 34.9 Å². The zero-order valence-electron chi connectivity index (χ0n) is 10.6. The molecule has 18 heavy (non-hydrogen) atoms. The average molecular weight is 267 g/mol. The van der Waals surface area contributed by atoms with Gasteiger partial charge in [-0.05, 0) is 43.5 Å². The van der Waals surface area contributed by atoms with Crippen LogP contribution < -0.4 is 5.73 Å². The van der Waals surface area contributed by atoms with E-state index in [2.05, 4.69) is 6.92 Å². The van der Waals surface area contributed by atoms with Gasteiger partial charge in [0.2, 0.25) is 5.91 Å². The van der Waals surface area contributed by atoms with Crippen molar-refractivity contribution in [1.29, 1.82) is 0 Å². The van der Waals surface area contributed by atoms with Crippen molar-refractivity contribution in [2.45, 2.75) is 25.8 Å². The van der Waals surface area contributed by atoms with Gasteiger partial charge in [-0.2, -0.15) is 0 Å². The van der Waals surface area contributed by atoms with Gasteiger partial charge >= 0.3 is 0 Å². The molecule has 1 aliphatic heterocycles.